The topological polar surface area (TPSA) is 138 Å². The zero-order valence-electron chi connectivity index (χ0n) is 13.7. The maximum Gasteiger partial charge on any atom is 0.325 e. The van der Waals surface area contributed by atoms with Gasteiger partial charge in [0, 0.05) is 0 Å². The van der Waals surface area contributed by atoms with Crippen LogP contribution >= 0.6 is 0 Å². The minimum atomic E-state index is -4.84. The molecule has 0 radical (unpaired) electrons. The Hall–Kier alpha value is 0.446. The van der Waals surface area contributed by atoms with Crippen molar-refractivity contribution in [3.8, 4) is 0 Å². The van der Waals surface area contributed by atoms with Gasteiger partial charge in [-0.3, -0.25) is 14.1 Å². The number of unbranched alkanes of at least 4 members (excludes halogenated alkanes) is 3. The van der Waals surface area contributed by atoms with Crippen molar-refractivity contribution in [1.29, 1.82) is 0 Å². The van der Waals surface area contributed by atoms with Crippen LogP contribution in [0.15, 0.2) is 0 Å². The molecule has 0 aromatic rings. The molecule has 1 atom stereocenters. The van der Waals surface area contributed by atoms with Crippen LogP contribution in [0.5, 0.6) is 0 Å². The van der Waals surface area contributed by atoms with Gasteiger partial charge in [0.25, 0.3) is 10.1 Å². The Kier molecular flexibility index (Phi) is 17.8. The third kappa shape index (κ3) is 18.6. The number of rotatable bonds is 12. The van der Waals surface area contributed by atoms with E-state index in [-0.39, 0.29) is 0 Å². The molecule has 132 valence electrons. The van der Waals surface area contributed by atoms with E-state index in [1.807, 2.05) is 0 Å². The first kappa shape index (κ1) is 25.7. The van der Waals surface area contributed by atoms with Gasteiger partial charge in [0.1, 0.15) is 0 Å². The first-order chi connectivity index (χ1) is 10.7. The molecule has 23 heavy (non-hydrogen) atoms. The average molecular weight is 381 g/mol. The van der Waals surface area contributed by atoms with Gasteiger partial charge in [-0.15, -0.1) is 0 Å². The predicted octanol–water partition coefficient (Wildman–Crippen LogP) is 1.36. The van der Waals surface area contributed by atoms with Gasteiger partial charge in [-0.05, 0) is 0 Å². The minimum Gasteiger partial charge on any atom is -0.481 e. The van der Waals surface area contributed by atoms with Gasteiger partial charge in [-0.2, -0.15) is 8.42 Å². The van der Waals surface area contributed by atoms with Gasteiger partial charge in [0.2, 0.25) is 0 Å². The summed E-state index contributed by atoms with van der Waals surface area (Å²) in [4.78, 5) is 20.0. The van der Waals surface area contributed by atoms with Crippen LogP contribution in [-0.4, -0.2) is 103 Å². The first-order valence-corrected chi connectivity index (χ1v) is 11.4. The van der Waals surface area contributed by atoms with Crippen LogP contribution in [0.1, 0.15) is 45.4 Å². The molecule has 0 aliphatic heterocycles. The van der Waals surface area contributed by atoms with Crippen LogP contribution in [0.2, 0.25) is 0.515 Å². The first-order valence-electron chi connectivity index (χ1n) is 7.65. The second-order valence-electron chi connectivity index (χ2n) is 4.97. The van der Waals surface area contributed by atoms with Crippen molar-refractivity contribution in [2.75, 3.05) is 13.2 Å². The fourth-order valence-corrected chi connectivity index (χ4v) is 2.52. The summed E-state index contributed by atoms with van der Waals surface area (Å²) >= 11 is 1.03. The number of carboxylic acids is 2. The molecule has 0 fully saturated rings. The van der Waals surface area contributed by atoms with E-state index < -0.39 is 33.7 Å². The van der Waals surface area contributed by atoms with Gasteiger partial charge in [0.05, 0.1) is 6.42 Å². The van der Waals surface area contributed by atoms with E-state index in [0.717, 1.165) is 62.2 Å². The Morgan fingerprint density at radius 3 is 2.00 bits per heavy atom. The molecular weight excluding hydrogens is 355 g/mol. The van der Waals surface area contributed by atoms with Gasteiger partial charge in [-0.1, -0.05) is 0 Å². The Labute approximate surface area is 171 Å². The standard InChI is InChI=1S/C9H19O.C4H6O7S.K/c1-3-5-6-7-9-10-8-4-2;5-3(6)1-2(4(7)8)12(9,10)11;/h2-9H2,1H3;2H,1H2,(H,5,6)(H,7,8)(H,9,10,11);. The van der Waals surface area contributed by atoms with Crippen molar-refractivity contribution in [3.63, 3.8) is 0 Å². The van der Waals surface area contributed by atoms with Gasteiger partial charge >= 0.3 is 118 Å². The summed E-state index contributed by atoms with van der Waals surface area (Å²) in [6.45, 7) is 4.24. The molecule has 0 aromatic heterocycles. The summed E-state index contributed by atoms with van der Waals surface area (Å²) in [5, 5.41) is 13.9. The Balaban J connectivity index is 0. The van der Waals surface area contributed by atoms with Gasteiger partial charge in [-0.25, -0.2) is 0 Å². The van der Waals surface area contributed by atoms with Crippen LogP contribution < -0.4 is 0 Å². The largest absolute Gasteiger partial charge is 0.481 e. The summed E-state index contributed by atoms with van der Waals surface area (Å²) in [6.07, 6.45) is 5.44. The molecule has 0 aliphatic rings. The Bertz CT molecular complexity index is 416. The van der Waals surface area contributed by atoms with Crippen molar-refractivity contribution in [3.05, 3.63) is 0 Å². The smallest absolute Gasteiger partial charge is 0.325 e. The van der Waals surface area contributed by atoms with Crippen molar-refractivity contribution in [2.45, 2.75) is 51.2 Å². The van der Waals surface area contributed by atoms with Crippen molar-refractivity contribution in [1.82, 2.24) is 0 Å². The summed E-state index contributed by atoms with van der Waals surface area (Å²) in [6, 6.07) is 0. The molecule has 3 N–H and O–H groups in total. The summed E-state index contributed by atoms with van der Waals surface area (Å²) < 4.78 is 35.5. The Morgan fingerprint density at radius 1 is 1.09 bits per heavy atom. The molecule has 0 saturated heterocycles. The molecular formula is C13H25KO8S. The quantitative estimate of drug-likeness (QED) is 0.262. The summed E-state index contributed by atoms with van der Waals surface area (Å²) in [7, 11) is -4.84. The molecule has 0 spiro atoms. The Morgan fingerprint density at radius 2 is 1.65 bits per heavy atom. The second kappa shape index (κ2) is 15.9. The van der Waals surface area contributed by atoms with Crippen LogP contribution in [0.3, 0.4) is 0 Å². The fraction of sp³-hybridized carbons (Fsp3) is 0.846. The molecule has 10 heteroatoms. The molecule has 0 heterocycles. The van der Waals surface area contributed by atoms with Gasteiger partial charge in [0.15, 0.2) is 5.25 Å². The molecule has 0 rings (SSSR count). The molecule has 1 unspecified atom stereocenters. The minimum absolute atomic E-state index is 0.993. The molecule has 0 amide bonds. The summed E-state index contributed by atoms with van der Waals surface area (Å²) in [5.41, 5.74) is 0. The number of carbonyl (C=O) groups is 2. The SMILES string of the molecule is CCCCCCOCC[CH2][K].O=C(O)CC(C(=O)O)S(=O)(=O)O. The van der Waals surface area contributed by atoms with E-state index in [1.165, 1.54) is 32.6 Å². The van der Waals surface area contributed by atoms with Crippen LogP contribution in [0, 0.1) is 0 Å². The van der Waals surface area contributed by atoms with Crippen molar-refractivity contribution < 1.29 is 37.5 Å². The maximum atomic E-state index is 10.2. The van der Waals surface area contributed by atoms with E-state index in [9.17, 15) is 18.0 Å². The van der Waals surface area contributed by atoms with E-state index >= 15 is 0 Å². The monoisotopic (exact) mass is 380 g/mol. The molecule has 0 saturated carbocycles. The van der Waals surface area contributed by atoms with Crippen LogP contribution in [0.25, 0.3) is 0 Å². The average Bonchev–Trinajstić information content (AvgIpc) is 2.43. The number of hydrogen-bond donors (Lipinski definition) is 3. The van der Waals surface area contributed by atoms with E-state index in [0.29, 0.717) is 0 Å². The normalized spacial score (nSPS) is 12.2. The van der Waals surface area contributed by atoms with E-state index in [2.05, 4.69) is 6.92 Å². The molecule has 0 aliphatic carbocycles. The van der Waals surface area contributed by atoms with E-state index in [1.54, 1.807) is 0 Å². The van der Waals surface area contributed by atoms with Crippen LogP contribution in [0.4, 0.5) is 0 Å². The second-order valence-corrected chi connectivity index (χ2v) is 8.13. The zero-order valence-corrected chi connectivity index (χ0v) is 17.7. The van der Waals surface area contributed by atoms with Crippen molar-refractivity contribution >= 4 is 71.0 Å². The number of carboxylic acid groups (broad SMARTS) is 2. The molecule has 0 aromatic carbocycles. The number of aliphatic carboxylic acids is 2. The van der Waals surface area contributed by atoms with E-state index in [4.69, 9.17) is 19.5 Å². The van der Waals surface area contributed by atoms with Crippen molar-refractivity contribution in [2.24, 2.45) is 0 Å². The molecule has 8 nitrogen and oxygen atoms in total. The fourth-order valence-electron chi connectivity index (χ4n) is 1.46. The molecule has 0 bridgehead atoms. The van der Waals surface area contributed by atoms with Gasteiger partial charge < -0.3 is 10.2 Å². The zero-order chi connectivity index (χ0) is 18.3. The third-order valence-corrected chi connectivity index (χ3v) is 4.97. The maximum absolute atomic E-state index is 10.2. The predicted molar refractivity (Wildman–Crippen MR) is 85.4 cm³/mol. The number of hydrogen-bond acceptors (Lipinski definition) is 5. The third-order valence-electron chi connectivity index (χ3n) is 2.78. The van der Waals surface area contributed by atoms with Crippen LogP contribution in [-0.2, 0) is 24.4 Å². The summed E-state index contributed by atoms with van der Waals surface area (Å²) in [5.74, 6) is -3.50. The number of ether oxygens (including phenoxy) is 1.